The van der Waals surface area contributed by atoms with Gasteiger partial charge in [0.05, 0.1) is 0 Å². The molecule has 100 valence electrons. The summed E-state index contributed by atoms with van der Waals surface area (Å²) >= 11 is 3.27. The highest BCUT2D eigenvalue weighted by Crippen LogP contribution is 2.32. The zero-order valence-corrected chi connectivity index (χ0v) is 11.5. The molecule has 1 saturated heterocycles. The van der Waals surface area contributed by atoms with Gasteiger partial charge in [-0.05, 0) is 27.6 Å². The molecule has 0 amide bonds. The van der Waals surface area contributed by atoms with E-state index in [4.69, 9.17) is 5.73 Å². The molecule has 1 aromatic heterocycles. The molecule has 3 nitrogen and oxygen atoms in total. The van der Waals surface area contributed by atoms with E-state index in [2.05, 4.69) is 20.9 Å². The maximum Gasteiger partial charge on any atom is 0.250 e. The number of nitrogens with zero attached hydrogens (tertiary/aromatic N) is 2. The van der Waals surface area contributed by atoms with Gasteiger partial charge in [0.25, 0.3) is 5.92 Å². The fourth-order valence-corrected chi connectivity index (χ4v) is 2.48. The van der Waals surface area contributed by atoms with Crippen LogP contribution in [0.4, 0.5) is 8.78 Å². The van der Waals surface area contributed by atoms with Crippen molar-refractivity contribution in [2.24, 2.45) is 5.73 Å². The standard InChI is InChI=1S/C12H16BrF2N3/c13-11-2-1-9(8-17-11)10(7-16)18-5-3-12(14,15)4-6-18/h1-2,8,10H,3-7,16H2. The number of alkyl halides is 2. The fourth-order valence-electron chi connectivity index (χ4n) is 2.24. The minimum absolute atomic E-state index is 0.0262. The monoisotopic (exact) mass is 319 g/mol. The Balaban J connectivity index is 2.08. The van der Waals surface area contributed by atoms with Crippen LogP contribution in [0.2, 0.25) is 0 Å². The first-order chi connectivity index (χ1) is 8.52. The first-order valence-corrected chi connectivity index (χ1v) is 6.74. The second-order valence-electron chi connectivity index (χ2n) is 4.56. The van der Waals surface area contributed by atoms with Gasteiger partial charge in [0.1, 0.15) is 4.60 Å². The average molecular weight is 320 g/mol. The predicted octanol–water partition coefficient (Wildman–Crippen LogP) is 2.58. The molecule has 1 aliphatic heterocycles. The van der Waals surface area contributed by atoms with Crippen molar-refractivity contribution in [3.05, 3.63) is 28.5 Å². The molecule has 0 aliphatic carbocycles. The Labute approximate surface area is 113 Å². The van der Waals surface area contributed by atoms with Gasteiger partial charge in [0.15, 0.2) is 0 Å². The summed E-state index contributed by atoms with van der Waals surface area (Å²) in [5.74, 6) is -2.52. The van der Waals surface area contributed by atoms with E-state index in [1.54, 1.807) is 6.20 Å². The molecule has 0 spiro atoms. The number of halogens is 3. The summed E-state index contributed by atoms with van der Waals surface area (Å²) < 4.78 is 27.0. The van der Waals surface area contributed by atoms with Gasteiger partial charge in [0, 0.05) is 44.7 Å². The van der Waals surface area contributed by atoms with Gasteiger partial charge in [0.2, 0.25) is 0 Å². The number of nitrogens with two attached hydrogens (primary N) is 1. The SMILES string of the molecule is NCC(c1ccc(Br)nc1)N1CCC(F)(F)CC1. The van der Waals surface area contributed by atoms with Crippen LogP contribution in [0.5, 0.6) is 0 Å². The Morgan fingerprint density at radius 3 is 2.56 bits per heavy atom. The van der Waals surface area contributed by atoms with Crippen molar-refractivity contribution in [2.45, 2.75) is 24.8 Å². The summed E-state index contributed by atoms with van der Waals surface area (Å²) in [5.41, 5.74) is 6.75. The number of hydrogen-bond donors (Lipinski definition) is 1. The van der Waals surface area contributed by atoms with Gasteiger partial charge in [-0.2, -0.15) is 0 Å². The van der Waals surface area contributed by atoms with Gasteiger partial charge in [-0.1, -0.05) is 6.07 Å². The first kappa shape index (κ1) is 13.8. The van der Waals surface area contributed by atoms with Crippen molar-refractivity contribution in [3.8, 4) is 0 Å². The molecule has 2 heterocycles. The van der Waals surface area contributed by atoms with Crippen molar-refractivity contribution in [1.29, 1.82) is 0 Å². The van der Waals surface area contributed by atoms with Gasteiger partial charge in [-0.15, -0.1) is 0 Å². The molecule has 1 unspecified atom stereocenters. The van der Waals surface area contributed by atoms with Crippen molar-refractivity contribution in [1.82, 2.24) is 9.88 Å². The Morgan fingerprint density at radius 2 is 2.06 bits per heavy atom. The maximum absolute atomic E-state index is 13.1. The molecule has 18 heavy (non-hydrogen) atoms. The second-order valence-corrected chi connectivity index (χ2v) is 5.37. The van der Waals surface area contributed by atoms with Gasteiger partial charge < -0.3 is 5.73 Å². The molecule has 0 aromatic carbocycles. The van der Waals surface area contributed by atoms with Crippen molar-refractivity contribution >= 4 is 15.9 Å². The zero-order valence-electron chi connectivity index (χ0n) is 9.95. The lowest BCUT2D eigenvalue weighted by Gasteiger charge is -2.37. The van der Waals surface area contributed by atoms with Gasteiger partial charge in [-0.3, -0.25) is 4.90 Å². The van der Waals surface area contributed by atoms with Gasteiger partial charge in [-0.25, -0.2) is 13.8 Å². The number of hydrogen-bond acceptors (Lipinski definition) is 3. The fraction of sp³-hybridized carbons (Fsp3) is 0.583. The minimum Gasteiger partial charge on any atom is -0.329 e. The van der Waals surface area contributed by atoms with E-state index >= 15 is 0 Å². The third-order valence-electron chi connectivity index (χ3n) is 3.33. The second kappa shape index (κ2) is 5.59. The average Bonchev–Trinajstić information content (AvgIpc) is 2.34. The summed E-state index contributed by atoms with van der Waals surface area (Å²) in [6.45, 7) is 1.17. The molecule has 6 heteroatoms. The van der Waals surface area contributed by atoms with E-state index in [0.29, 0.717) is 19.6 Å². The third-order valence-corrected chi connectivity index (χ3v) is 3.80. The third kappa shape index (κ3) is 3.24. The summed E-state index contributed by atoms with van der Waals surface area (Å²) in [4.78, 5) is 6.17. The topological polar surface area (TPSA) is 42.1 Å². The summed E-state index contributed by atoms with van der Waals surface area (Å²) in [6, 6.07) is 3.75. The molecule has 1 atom stereocenters. The van der Waals surface area contributed by atoms with Crippen LogP contribution in [-0.4, -0.2) is 35.4 Å². The normalized spacial score (nSPS) is 21.8. The molecular formula is C12H16BrF2N3. The van der Waals surface area contributed by atoms with Crippen molar-refractivity contribution in [3.63, 3.8) is 0 Å². The van der Waals surface area contributed by atoms with E-state index in [9.17, 15) is 8.78 Å². The van der Waals surface area contributed by atoms with E-state index in [0.717, 1.165) is 10.2 Å². The molecule has 0 saturated carbocycles. The van der Waals surface area contributed by atoms with E-state index in [-0.39, 0.29) is 18.9 Å². The molecular weight excluding hydrogens is 304 g/mol. The molecule has 0 bridgehead atoms. The van der Waals surface area contributed by atoms with E-state index < -0.39 is 5.92 Å². The van der Waals surface area contributed by atoms with Crippen LogP contribution in [0.3, 0.4) is 0 Å². The zero-order chi connectivity index (χ0) is 13.2. The van der Waals surface area contributed by atoms with Crippen LogP contribution in [0.25, 0.3) is 0 Å². The summed E-state index contributed by atoms with van der Waals surface area (Å²) in [5, 5.41) is 0. The number of piperidine rings is 1. The Kier molecular flexibility index (Phi) is 4.29. The van der Waals surface area contributed by atoms with Crippen LogP contribution < -0.4 is 5.73 Å². The van der Waals surface area contributed by atoms with Crippen LogP contribution in [0, 0.1) is 0 Å². The maximum atomic E-state index is 13.1. The van der Waals surface area contributed by atoms with Crippen LogP contribution >= 0.6 is 15.9 Å². The van der Waals surface area contributed by atoms with Crippen molar-refractivity contribution < 1.29 is 8.78 Å². The number of likely N-dealkylation sites (tertiary alicyclic amines) is 1. The summed E-state index contributed by atoms with van der Waals surface area (Å²) in [7, 11) is 0. The molecule has 2 N–H and O–H groups in total. The summed E-state index contributed by atoms with van der Waals surface area (Å²) in [6.07, 6.45) is 1.56. The molecule has 1 aliphatic rings. The lowest BCUT2D eigenvalue weighted by atomic mass is 10.0. The predicted molar refractivity (Wildman–Crippen MR) is 69.5 cm³/mol. The quantitative estimate of drug-likeness (QED) is 0.871. The molecule has 0 radical (unpaired) electrons. The lowest BCUT2D eigenvalue weighted by Crippen LogP contribution is -2.43. The highest BCUT2D eigenvalue weighted by Gasteiger charge is 2.36. The Hall–Kier alpha value is -0.590. The van der Waals surface area contributed by atoms with Crippen LogP contribution in [-0.2, 0) is 0 Å². The van der Waals surface area contributed by atoms with Crippen molar-refractivity contribution in [2.75, 3.05) is 19.6 Å². The smallest absolute Gasteiger partial charge is 0.250 e. The number of rotatable bonds is 3. The molecule has 1 fully saturated rings. The van der Waals surface area contributed by atoms with E-state index in [1.807, 2.05) is 17.0 Å². The highest BCUT2D eigenvalue weighted by atomic mass is 79.9. The van der Waals surface area contributed by atoms with E-state index in [1.165, 1.54) is 0 Å². The molecule has 1 aromatic rings. The first-order valence-electron chi connectivity index (χ1n) is 5.95. The van der Waals surface area contributed by atoms with Gasteiger partial charge >= 0.3 is 0 Å². The minimum atomic E-state index is -2.52. The van der Waals surface area contributed by atoms with Crippen LogP contribution in [0.1, 0.15) is 24.4 Å². The number of pyridine rings is 1. The number of aromatic nitrogens is 1. The van der Waals surface area contributed by atoms with Crippen LogP contribution in [0.15, 0.2) is 22.9 Å². The Bertz CT molecular complexity index is 387. The lowest BCUT2D eigenvalue weighted by molar-refractivity contribution is -0.0627. The molecule has 2 rings (SSSR count). The largest absolute Gasteiger partial charge is 0.329 e. The Morgan fingerprint density at radius 1 is 1.39 bits per heavy atom. The highest BCUT2D eigenvalue weighted by molar-refractivity contribution is 9.10.